The molecule has 0 saturated heterocycles. The van der Waals surface area contributed by atoms with Crippen molar-refractivity contribution in [1.82, 2.24) is 5.32 Å². The van der Waals surface area contributed by atoms with Gasteiger partial charge in [-0.25, -0.2) is 0 Å². The molecule has 1 atom stereocenters. The average Bonchev–Trinajstić information content (AvgIpc) is 2.36. The molecule has 2 nitrogen and oxygen atoms in total. The van der Waals surface area contributed by atoms with Crippen molar-refractivity contribution < 1.29 is 4.74 Å². The molecule has 0 bridgehead atoms. The van der Waals surface area contributed by atoms with Crippen LogP contribution in [-0.4, -0.2) is 19.2 Å². The van der Waals surface area contributed by atoms with Gasteiger partial charge in [-0.05, 0) is 56.5 Å². The first kappa shape index (κ1) is 16.5. The Bertz CT molecular complexity index is 369. The van der Waals surface area contributed by atoms with Gasteiger partial charge >= 0.3 is 0 Å². The lowest BCUT2D eigenvalue weighted by molar-refractivity contribution is 0.186. The molecule has 1 unspecified atom stereocenters. The molecule has 1 rings (SSSR count). The molecule has 1 aromatic carbocycles. The largest absolute Gasteiger partial charge is 0.489 e. The Hall–Kier alpha value is -0.540. The molecule has 0 amide bonds. The molecule has 0 spiro atoms. The molecule has 108 valence electrons. The van der Waals surface area contributed by atoms with Gasteiger partial charge in [0, 0.05) is 11.0 Å². The highest BCUT2D eigenvalue weighted by molar-refractivity contribution is 9.10. The number of rotatable bonds is 8. The molecule has 0 aliphatic rings. The summed E-state index contributed by atoms with van der Waals surface area (Å²) in [5.74, 6) is 0.981. The minimum atomic E-state index is 0.261. The zero-order valence-electron chi connectivity index (χ0n) is 12.6. The first-order valence-electron chi connectivity index (χ1n) is 7.22. The van der Waals surface area contributed by atoms with Gasteiger partial charge in [-0.1, -0.05) is 36.2 Å². The summed E-state index contributed by atoms with van der Waals surface area (Å²) < 4.78 is 7.31. The van der Waals surface area contributed by atoms with Gasteiger partial charge < -0.3 is 10.1 Å². The van der Waals surface area contributed by atoms with Crippen molar-refractivity contribution in [3.05, 3.63) is 27.7 Å². The van der Waals surface area contributed by atoms with Crippen LogP contribution in [0.5, 0.6) is 5.75 Å². The summed E-state index contributed by atoms with van der Waals surface area (Å²) >= 11 is 3.59. The molecule has 1 N–H and O–H groups in total. The van der Waals surface area contributed by atoms with Crippen LogP contribution in [0.25, 0.3) is 0 Å². The summed E-state index contributed by atoms with van der Waals surface area (Å²) in [6, 6.07) is 4.22. The third-order valence-corrected chi connectivity index (χ3v) is 4.37. The quantitative estimate of drug-likeness (QED) is 0.704. The second-order valence-electron chi connectivity index (χ2n) is 5.10. The highest BCUT2D eigenvalue weighted by Crippen LogP contribution is 2.27. The van der Waals surface area contributed by atoms with Crippen molar-refractivity contribution in [2.24, 2.45) is 0 Å². The Labute approximate surface area is 126 Å². The minimum Gasteiger partial charge on any atom is -0.489 e. The van der Waals surface area contributed by atoms with E-state index in [4.69, 9.17) is 4.74 Å². The molecule has 0 aliphatic carbocycles. The molecular formula is C16H26BrNO. The molecule has 3 heteroatoms. The van der Waals surface area contributed by atoms with Crippen LogP contribution in [0.2, 0.25) is 0 Å². The Morgan fingerprint density at radius 2 is 1.79 bits per heavy atom. The molecule has 0 heterocycles. The van der Waals surface area contributed by atoms with Gasteiger partial charge in [0.1, 0.15) is 11.9 Å². The van der Waals surface area contributed by atoms with E-state index in [1.54, 1.807) is 0 Å². The van der Waals surface area contributed by atoms with E-state index in [1.165, 1.54) is 15.6 Å². The van der Waals surface area contributed by atoms with Crippen LogP contribution in [0, 0.1) is 13.8 Å². The highest BCUT2D eigenvalue weighted by atomic mass is 79.9. The Balaban J connectivity index is 2.67. The molecular weight excluding hydrogens is 302 g/mol. The zero-order chi connectivity index (χ0) is 14.3. The maximum absolute atomic E-state index is 6.13. The second kappa shape index (κ2) is 8.60. The van der Waals surface area contributed by atoms with Crippen LogP contribution in [-0.2, 0) is 0 Å². The second-order valence-corrected chi connectivity index (χ2v) is 5.90. The third-order valence-electron chi connectivity index (χ3n) is 3.12. The van der Waals surface area contributed by atoms with E-state index in [0.717, 1.165) is 38.1 Å². The van der Waals surface area contributed by atoms with E-state index in [9.17, 15) is 0 Å². The number of ether oxygens (including phenoxy) is 1. The van der Waals surface area contributed by atoms with E-state index in [2.05, 4.69) is 61.1 Å². The van der Waals surface area contributed by atoms with Crippen molar-refractivity contribution in [2.45, 2.75) is 53.1 Å². The van der Waals surface area contributed by atoms with E-state index in [0.29, 0.717) is 0 Å². The summed E-state index contributed by atoms with van der Waals surface area (Å²) in [6.07, 6.45) is 3.66. The summed E-state index contributed by atoms with van der Waals surface area (Å²) in [6.45, 7) is 10.6. The van der Waals surface area contributed by atoms with E-state index < -0.39 is 0 Å². The van der Waals surface area contributed by atoms with Gasteiger partial charge in [0.15, 0.2) is 0 Å². The van der Waals surface area contributed by atoms with Crippen LogP contribution < -0.4 is 10.1 Å². The normalized spacial score (nSPS) is 12.5. The lowest BCUT2D eigenvalue weighted by Crippen LogP contribution is -2.31. The molecule has 0 radical (unpaired) electrons. The van der Waals surface area contributed by atoms with Crippen molar-refractivity contribution in [2.75, 3.05) is 13.1 Å². The van der Waals surface area contributed by atoms with Gasteiger partial charge in [-0.15, -0.1) is 0 Å². The number of hydrogen-bond acceptors (Lipinski definition) is 2. The lowest BCUT2D eigenvalue weighted by atomic mass is 10.1. The Kier molecular flexibility index (Phi) is 7.47. The summed E-state index contributed by atoms with van der Waals surface area (Å²) in [5, 5.41) is 3.45. The van der Waals surface area contributed by atoms with Crippen LogP contribution in [0.3, 0.4) is 0 Å². The third kappa shape index (κ3) is 5.53. The highest BCUT2D eigenvalue weighted by Gasteiger charge is 2.11. The fourth-order valence-corrected chi connectivity index (χ4v) is 2.36. The molecule has 1 aromatic rings. The molecule has 0 aliphatic heterocycles. The lowest BCUT2D eigenvalue weighted by Gasteiger charge is -2.20. The molecule has 19 heavy (non-hydrogen) atoms. The van der Waals surface area contributed by atoms with Crippen LogP contribution >= 0.6 is 15.9 Å². The maximum Gasteiger partial charge on any atom is 0.120 e. The monoisotopic (exact) mass is 327 g/mol. The first-order valence-corrected chi connectivity index (χ1v) is 8.01. The Morgan fingerprint density at radius 1 is 1.16 bits per heavy atom. The first-order chi connectivity index (χ1) is 9.08. The van der Waals surface area contributed by atoms with Crippen molar-refractivity contribution in [3.8, 4) is 5.75 Å². The standard InChI is InChI=1S/C16H26BrNO/c1-5-7-14(11-18-8-6-2)19-15-9-12(3)16(17)13(4)10-15/h9-10,14,18H,5-8,11H2,1-4H3. The van der Waals surface area contributed by atoms with E-state index >= 15 is 0 Å². The van der Waals surface area contributed by atoms with Gasteiger partial charge in [0.05, 0.1) is 0 Å². The fraction of sp³-hybridized carbons (Fsp3) is 0.625. The smallest absolute Gasteiger partial charge is 0.120 e. The number of aryl methyl sites for hydroxylation is 2. The minimum absolute atomic E-state index is 0.261. The SMILES string of the molecule is CCCNCC(CCC)Oc1cc(C)c(Br)c(C)c1. The molecule has 0 aromatic heterocycles. The number of benzene rings is 1. The van der Waals surface area contributed by atoms with Crippen LogP contribution in [0.15, 0.2) is 16.6 Å². The van der Waals surface area contributed by atoms with E-state index in [-0.39, 0.29) is 6.10 Å². The molecule has 0 fully saturated rings. The summed E-state index contributed by atoms with van der Waals surface area (Å²) in [5.41, 5.74) is 2.46. The van der Waals surface area contributed by atoms with Gasteiger partial charge in [-0.2, -0.15) is 0 Å². The zero-order valence-corrected chi connectivity index (χ0v) is 14.1. The van der Waals surface area contributed by atoms with Gasteiger partial charge in [0.25, 0.3) is 0 Å². The summed E-state index contributed by atoms with van der Waals surface area (Å²) in [4.78, 5) is 0. The fourth-order valence-electron chi connectivity index (χ4n) is 2.13. The number of halogens is 1. The van der Waals surface area contributed by atoms with Crippen LogP contribution in [0.4, 0.5) is 0 Å². The van der Waals surface area contributed by atoms with Crippen molar-refractivity contribution in [3.63, 3.8) is 0 Å². The number of hydrogen-bond donors (Lipinski definition) is 1. The van der Waals surface area contributed by atoms with E-state index in [1.807, 2.05) is 0 Å². The summed E-state index contributed by atoms with van der Waals surface area (Å²) in [7, 11) is 0. The van der Waals surface area contributed by atoms with Gasteiger partial charge in [0.2, 0.25) is 0 Å². The maximum atomic E-state index is 6.13. The predicted molar refractivity (Wildman–Crippen MR) is 86.1 cm³/mol. The molecule has 0 saturated carbocycles. The predicted octanol–water partition coefficient (Wildman–Crippen LogP) is 4.61. The van der Waals surface area contributed by atoms with Crippen molar-refractivity contribution in [1.29, 1.82) is 0 Å². The topological polar surface area (TPSA) is 21.3 Å². The van der Waals surface area contributed by atoms with Crippen LogP contribution in [0.1, 0.15) is 44.2 Å². The Morgan fingerprint density at radius 3 is 2.32 bits per heavy atom. The average molecular weight is 328 g/mol. The van der Waals surface area contributed by atoms with Gasteiger partial charge in [-0.3, -0.25) is 0 Å². The van der Waals surface area contributed by atoms with Crippen molar-refractivity contribution >= 4 is 15.9 Å². The number of nitrogens with one attached hydrogen (secondary N) is 1.